The minimum absolute atomic E-state index is 0.0753. The fourth-order valence-corrected chi connectivity index (χ4v) is 4.50. The van der Waals surface area contributed by atoms with Crippen molar-refractivity contribution in [2.75, 3.05) is 12.3 Å². The highest BCUT2D eigenvalue weighted by molar-refractivity contribution is 7.80. The number of aromatic nitrogens is 1. The van der Waals surface area contributed by atoms with Gasteiger partial charge < -0.3 is 31.4 Å². The lowest BCUT2D eigenvalue weighted by atomic mass is 10.0. The third-order valence-electron chi connectivity index (χ3n) is 6.37. The summed E-state index contributed by atoms with van der Waals surface area (Å²) in [6, 6.07) is 3.92. The molecule has 0 bridgehead atoms. The van der Waals surface area contributed by atoms with Crippen LogP contribution in [0.5, 0.6) is 0 Å². The Morgan fingerprint density at radius 3 is 2.57 bits per heavy atom. The monoisotopic (exact) mass is 503 g/mol. The van der Waals surface area contributed by atoms with E-state index in [9.17, 15) is 24.3 Å². The van der Waals surface area contributed by atoms with E-state index in [0.717, 1.165) is 16.5 Å². The molecule has 4 unspecified atom stereocenters. The Bertz CT molecular complexity index is 1090. The first-order valence-electron chi connectivity index (χ1n) is 11.7. The fourth-order valence-electron chi connectivity index (χ4n) is 4.25. The Kier molecular flexibility index (Phi) is 8.79. The van der Waals surface area contributed by atoms with Gasteiger partial charge in [0.1, 0.15) is 18.1 Å². The van der Waals surface area contributed by atoms with Crippen LogP contribution in [0.3, 0.4) is 0 Å². The Labute approximate surface area is 209 Å². The molecule has 11 heteroatoms. The lowest BCUT2D eigenvalue weighted by molar-refractivity contribution is -0.144. The molecule has 190 valence electrons. The molecule has 3 rings (SSSR count). The molecule has 0 aliphatic carbocycles. The topological polar surface area (TPSA) is 158 Å². The molecule has 0 spiro atoms. The number of carboxylic acid groups (broad SMARTS) is 1. The van der Waals surface area contributed by atoms with E-state index in [4.69, 9.17) is 5.73 Å². The third kappa shape index (κ3) is 6.15. The number of carboxylic acids is 1. The summed E-state index contributed by atoms with van der Waals surface area (Å²) in [4.78, 5) is 55.3. The molecule has 2 heterocycles. The number of nitrogens with zero attached hydrogens (tertiary/aromatic N) is 1. The molecule has 1 fully saturated rings. The summed E-state index contributed by atoms with van der Waals surface area (Å²) in [5, 5.41) is 15.4. The van der Waals surface area contributed by atoms with E-state index >= 15 is 0 Å². The largest absolute Gasteiger partial charge is 0.480 e. The molecule has 0 radical (unpaired) electrons. The molecule has 1 aliphatic rings. The summed E-state index contributed by atoms with van der Waals surface area (Å²) >= 11 is 3.98. The molecular formula is C24H33N5O5S. The van der Waals surface area contributed by atoms with Crippen LogP contribution < -0.4 is 16.4 Å². The van der Waals surface area contributed by atoms with E-state index in [0.29, 0.717) is 19.4 Å². The van der Waals surface area contributed by atoms with Gasteiger partial charge in [0, 0.05) is 35.8 Å². The zero-order valence-electron chi connectivity index (χ0n) is 19.9. The van der Waals surface area contributed by atoms with Crippen molar-refractivity contribution in [3.63, 3.8) is 0 Å². The van der Waals surface area contributed by atoms with Gasteiger partial charge in [0.25, 0.3) is 0 Å². The number of para-hydroxylation sites is 1. The number of thiol groups is 1. The van der Waals surface area contributed by atoms with E-state index in [-0.39, 0.29) is 18.1 Å². The van der Waals surface area contributed by atoms with Crippen LogP contribution in [0, 0.1) is 5.92 Å². The van der Waals surface area contributed by atoms with Gasteiger partial charge in [-0.2, -0.15) is 12.6 Å². The third-order valence-corrected chi connectivity index (χ3v) is 6.74. The van der Waals surface area contributed by atoms with Crippen LogP contribution in [0.4, 0.5) is 0 Å². The van der Waals surface area contributed by atoms with Crippen molar-refractivity contribution in [2.24, 2.45) is 11.7 Å². The molecule has 3 amide bonds. The maximum atomic E-state index is 13.7. The van der Waals surface area contributed by atoms with Crippen molar-refractivity contribution in [1.29, 1.82) is 0 Å². The number of hydrogen-bond donors (Lipinski definition) is 6. The van der Waals surface area contributed by atoms with Gasteiger partial charge in [-0.25, -0.2) is 4.79 Å². The molecule has 4 atom stereocenters. The van der Waals surface area contributed by atoms with Crippen LogP contribution in [0.1, 0.15) is 32.3 Å². The van der Waals surface area contributed by atoms with Crippen LogP contribution in [0.25, 0.3) is 10.9 Å². The number of nitrogens with two attached hydrogens (primary N) is 1. The fraction of sp³-hybridized carbons (Fsp3) is 0.500. The van der Waals surface area contributed by atoms with Gasteiger partial charge in [0.15, 0.2) is 0 Å². The second-order valence-corrected chi connectivity index (χ2v) is 9.53. The van der Waals surface area contributed by atoms with E-state index < -0.39 is 47.9 Å². The summed E-state index contributed by atoms with van der Waals surface area (Å²) in [5.41, 5.74) is 7.78. The highest BCUT2D eigenvalue weighted by Crippen LogP contribution is 2.23. The average Bonchev–Trinajstić information content (AvgIpc) is 3.48. The van der Waals surface area contributed by atoms with Crippen molar-refractivity contribution >= 4 is 47.2 Å². The summed E-state index contributed by atoms with van der Waals surface area (Å²) in [7, 11) is 0. The van der Waals surface area contributed by atoms with Crippen LogP contribution in [-0.2, 0) is 25.6 Å². The standard InChI is InChI=1S/C24H33N5O5S/c1-13(2)20(25)22(31)27-17(10-14-11-26-16-7-4-3-6-15(14)16)23(32)29-9-5-8-19(29)21(30)28-18(12-35)24(33)34/h3-4,6-7,11,13,17-20,26,35H,5,8-10,12,25H2,1-2H3,(H,27,31)(H,28,30)(H,33,34). The second kappa shape index (κ2) is 11.6. The lowest BCUT2D eigenvalue weighted by Gasteiger charge is -2.30. The predicted octanol–water partition coefficient (Wildman–Crippen LogP) is 0.669. The molecule has 1 aliphatic heterocycles. The van der Waals surface area contributed by atoms with Crippen LogP contribution >= 0.6 is 12.6 Å². The Morgan fingerprint density at radius 2 is 1.91 bits per heavy atom. The molecule has 1 aromatic heterocycles. The molecule has 10 nitrogen and oxygen atoms in total. The minimum atomic E-state index is -1.20. The van der Waals surface area contributed by atoms with Gasteiger partial charge in [-0.05, 0) is 30.4 Å². The van der Waals surface area contributed by atoms with Gasteiger partial charge in [0.2, 0.25) is 17.7 Å². The van der Waals surface area contributed by atoms with Crippen LogP contribution in [-0.4, -0.2) is 75.1 Å². The number of rotatable bonds is 10. The van der Waals surface area contributed by atoms with E-state index in [1.54, 1.807) is 6.20 Å². The number of likely N-dealkylation sites (tertiary alicyclic amines) is 1. The molecule has 1 saturated heterocycles. The first kappa shape index (κ1) is 26.6. The van der Waals surface area contributed by atoms with Crippen molar-refractivity contribution < 1.29 is 24.3 Å². The number of amides is 3. The van der Waals surface area contributed by atoms with Crippen molar-refractivity contribution in [3.05, 3.63) is 36.0 Å². The number of aromatic amines is 1. The number of carbonyl (C=O) groups excluding carboxylic acids is 3. The molecular weight excluding hydrogens is 470 g/mol. The van der Waals surface area contributed by atoms with E-state index in [1.165, 1.54) is 4.90 Å². The normalized spacial score (nSPS) is 18.3. The number of hydrogen-bond acceptors (Lipinski definition) is 6. The Balaban J connectivity index is 1.85. The summed E-state index contributed by atoms with van der Waals surface area (Å²) in [5.74, 6) is -2.80. The molecule has 0 saturated carbocycles. The van der Waals surface area contributed by atoms with E-state index in [1.807, 2.05) is 38.1 Å². The summed E-state index contributed by atoms with van der Waals surface area (Å²) < 4.78 is 0. The van der Waals surface area contributed by atoms with Crippen molar-refractivity contribution in [2.45, 2.75) is 57.3 Å². The van der Waals surface area contributed by atoms with Gasteiger partial charge in [-0.1, -0.05) is 32.0 Å². The molecule has 2 aromatic rings. The minimum Gasteiger partial charge on any atom is -0.480 e. The van der Waals surface area contributed by atoms with Crippen molar-refractivity contribution in [1.82, 2.24) is 20.5 Å². The number of nitrogens with one attached hydrogen (secondary N) is 3. The van der Waals surface area contributed by atoms with Gasteiger partial charge >= 0.3 is 5.97 Å². The number of carbonyl (C=O) groups is 4. The second-order valence-electron chi connectivity index (χ2n) is 9.17. The smallest absolute Gasteiger partial charge is 0.327 e. The molecule has 6 N–H and O–H groups in total. The molecule has 35 heavy (non-hydrogen) atoms. The van der Waals surface area contributed by atoms with Crippen LogP contribution in [0.2, 0.25) is 0 Å². The number of aliphatic carboxylic acids is 1. The SMILES string of the molecule is CC(C)C(N)C(=O)NC(Cc1c[nH]c2ccccc12)C(=O)N1CCCC1C(=O)NC(CS)C(=O)O. The number of H-pyrrole nitrogens is 1. The highest BCUT2D eigenvalue weighted by atomic mass is 32.1. The summed E-state index contributed by atoms with van der Waals surface area (Å²) in [6.45, 7) is 3.97. The molecule has 1 aromatic carbocycles. The first-order valence-corrected chi connectivity index (χ1v) is 12.3. The maximum absolute atomic E-state index is 13.7. The quantitative estimate of drug-likeness (QED) is 0.262. The summed E-state index contributed by atoms with van der Waals surface area (Å²) in [6.07, 6.45) is 2.99. The van der Waals surface area contributed by atoms with Crippen molar-refractivity contribution in [3.8, 4) is 0 Å². The van der Waals surface area contributed by atoms with E-state index in [2.05, 4.69) is 28.2 Å². The Hall–Kier alpha value is -3.05. The predicted molar refractivity (Wildman–Crippen MR) is 135 cm³/mol. The first-order chi connectivity index (χ1) is 16.6. The van der Waals surface area contributed by atoms with Gasteiger partial charge in [-0.15, -0.1) is 0 Å². The number of fused-ring (bicyclic) bond motifs is 1. The number of benzene rings is 1. The highest BCUT2D eigenvalue weighted by Gasteiger charge is 2.39. The van der Waals surface area contributed by atoms with Crippen LogP contribution in [0.15, 0.2) is 30.5 Å². The van der Waals surface area contributed by atoms with Gasteiger partial charge in [0.05, 0.1) is 6.04 Å². The zero-order valence-corrected chi connectivity index (χ0v) is 20.8. The Morgan fingerprint density at radius 1 is 1.20 bits per heavy atom. The zero-order chi connectivity index (χ0) is 25.7. The maximum Gasteiger partial charge on any atom is 0.327 e. The lowest BCUT2D eigenvalue weighted by Crippen LogP contribution is -2.58. The van der Waals surface area contributed by atoms with Gasteiger partial charge in [-0.3, -0.25) is 14.4 Å². The average molecular weight is 504 g/mol.